The Labute approximate surface area is 171 Å². The summed E-state index contributed by atoms with van der Waals surface area (Å²) in [5.41, 5.74) is 5.19. The summed E-state index contributed by atoms with van der Waals surface area (Å²) >= 11 is 1.92. The number of fused-ring (bicyclic) bond motifs is 2. The molecule has 4 rings (SSSR count). The van der Waals surface area contributed by atoms with Crippen molar-refractivity contribution in [1.82, 2.24) is 0 Å². The van der Waals surface area contributed by atoms with Gasteiger partial charge in [-0.25, -0.2) is 0 Å². The normalized spacial score (nSPS) is 15.5. The average molecular weight is 392 g/mol. The molecule has 2 N–H and O–H groups in total. The Morgan fingerprint density at radius 2 is 1.64 bits per heavy atom. The molecule has 0 aromatic heterocycles. The molecule has 1 atom stereocenters. The highest BCUT2D eigenvalue weighted by molar-refractivity contribution is 7.98. The zero-order valence-corrected chi connectivity index (χ0v) is 17.3. The van der Waals surface area contributed by atoms with E-state index in [0.29, 0.717) is 0 Å². The lowest BCUT2D eigenvalue weighted by Gasteiger charge is -2.23. The number of benzene rings is 3. The van der Waals surface area contributed by atoms with Crippen LogP contribution >= 0.6 is 11.8 Å². The van der Waals surface area contributed by atoms with Crippen molar-refractivity contribution in [3.05, 3.63) is 89.5 Å². The average Bonchev–Trinajstić information content (AvgIpc) is 2.87. The second-order valence-corrected chi connectivity index (χ2v) is 8.45. The first-order valence-electron chi connectivity index (χ1n) is 9.78. The van der Waals surface area contributed by atoms with E-state index in [-0.39, 0.29) is 6.04 Å². The Bertz CT molecular complexity index is 876. The van der Waals surface area contributed by atoms with Gasteiger partial charge in [0.1, 0.15) is 18.9 Å². The molecule has 0 aliphatic carbocycles. The molecular formula is C24H27N2OS+. The molecule has 0 unspecified atom stereocenters. The van der Waals surface area contributed by atoms with Gasteiger partial charge in [0.15, 0.2) is 0 Å². The summed E-state index contributed by atoms with van der Waals surface area (Å²) in [5, 5.41) is 3.76. The van der Waals surface area contributed by atoms with Gasteiger partial charge in [0, 0.05) is 16.3 Å². The quantitative estimate of drug-likeness (QED) is 0.664. The Morgan fingerprint density at radius 3 is 2.43 bits per heavy atom. The molecular weight excluding hydrogens is 364 g/mol. The first-order valence-corrected chi connectivity index (χ1v) is 10.8. The van der Waals surface area contributed by atoms with Gasteiger partial charge in [-0.15, -0.1) is 11.8 Å². The lowest BCUT2D eigenvalue weighted by atomic mass is 9.95. The van der Waals surface area contributed by atoms with Gasteiger partial charge < -0.3 is 15.0 Å². The minimum atomic E-state index is 0.145. The van der Waals surface area contributed by atoms with E-state index in [4.69, 9.17) is 4.74 Å². The van der Waals surface area contributed by atoms with Crippen molar-refractivity contribution in [3.63, 3.8) is 0 Å². The molecule has 0 spiro atoms. The lowest BCUT2D eigenvalue weighted by molar-refractivity contribution is -0.858. The summed E-state index contributed by atoms with van der Waals surface area (Å²) in [4.78, 5) is 2.74. The van der Waals surface area contributed by atoms with E-state index in [1.807, 2.05) is 11.8 Å². The molecule has 0 saturated heterocycles. The number of likely N-dealkylation sites (N-methyl/N-ethyl adjacent to an activating group) is 1. The number of thioether (sulfide) groups is 1. The maximum atomic E-state index is 5.84. The fourth-order valence-electron chi connectivity index (χ4n) is 3.46. The Hall–Kier alpha value is -2.43. The van der Waals surface area contributed by atoms with Crippen LogP contribution in [0.2, 0.25) is 0 Å². The van der Waals surface area contributed by atoms with Crippen molar-refractivity contribution in [2.24, 2.45) is 0 Å². The van der Waals surface area contributed by atoms with Gasteiger partial charge in [-0.1, -0.05) is 42.5 Å². The van der Waals surface area contributed by atoms with E-state index >= 15 is 0 Å². The van der Waals surface area contributed by atoms with Crippen LogP contribution in [0.3, 0.4) is 0 Å². The van der Waals surface area contributed by atoms with Crippen molar-refractivity contribution in [2.75, 3.05) is 32.6 Å². The first-order chi connectivity index (χ1) is 13.7. The molecule has 1 aliphatic heterocycles. The Balaban J connectivity index is 1.57. The van der Waals surface area contributed by atoms with Crippen LogP contribution in [-0.4, -0.2) is 27.2 Å². The van der Waals surface area contributed by atoms with Crippen LogP contribution in [0, 0.1) is 0 Å². The predicted octanol–water partition coefficient (Wildman–Crippen LogP) is 4.02. The van der Waals surface area contributed by atoms with E-state index in [0.717, 1.165) is 30.3 Å². The number of anilines is 1. The monoisotopic (exact) mass is 391 g/mol. The molecule has 4 heteroatoms. The van der Waals surface area contributed by atoms with E-state index < -0.39 is 0 Å². The van der Waals surface area contributed by atoms with Crippen LogP contribution in [0.1, 0.15) is 22.7 Å². The van der Waals surface area contributed by atoms with Gasteiger partial charge in [0.2, 0.25) is 0 Å². The van der Waals surface area contributed by atoms with Gasteiger partial charge in [-0.3, -0.25) is 0 Å². The molecule has 0 fully saturated rings. The van der Waals surface area contributed by atoms with E-state index in [1.165, 1.54) is 26.5 Å². The van der Waals surface area contributed by atoms with Gasteiger partial charge in [-0.05, 0) is 47.0 Å². The third kappa shape index (κ3) is 4.34. The van der Waals surface area contributed by atoms with Gasteiger partial charge >= 0.3 is 0 Å². The van der Waals surface area contributed by atoms with Crippen LogP contribution in [-0.2, 0) is 5.75 Å². The molecule has 3 nitrogen and oxygen atoms in total. The largest absolute Gasteiger partial charge is 0.488 e. The maximum Gasteiger partial charge on any atom is 0.137 e. The summed E-state index contributed by atoms with van der Waals surface area (Å²) in [5.74, 6) is 1.93. The second kappa shape index (κ2) is 8.72. The first kappa shape index (κ1) is 18.9. The second-order valence-electron chi connectivity index (χ2n) is 7.43. The number of nitrogens with one attached hydrogen (secondary N) is 2. The van der Waals surface area contributed by atoms with Crippen LogP contribution in [0.15, 0.2) is 77.7 Å². The maximum absolute atomic E-state index is 5.84. The molecule has 1 aliphatic rings. The number of rotatable bonds is 6. The fourth-order valence-corrected chi connectivity index (χ4v) is 4.56. The molecule has 0 radical (unpaired) electrons. The summed E-state index contributed by atoms with van der Waals surface area (Å²) < 4.78 is 5.84. The highest BCUT2D eigenvalue weighted by Crippen LogP contribution is 2.40. The molecule has 28 heavy (non-hydrogen) atoms. The molecule has 1 heterocycles. The molecule has 0 saturated carbocycles. The number of hydrogen-bond acceptors (Lipinski definition) is 3. The van der Waals surface area contributed by atoms with Crippen LogP contribution in [0.25, 0.3) is 0 Å². The van der Waals surface area contributed by atoms with Crippen LogP contribution < -0.4 is 15.0 Å². The van der Waals surface area contributed by atoms with E-state index in [9.17, 15) is 0 Å². The predicted molar refractivity (Wildman–Crippen MR) is 118 cm³/mol. The minimum Gasteiger partial charge on any atom is -0.488 e. The topological polar surface area (TPSA) is 25.7 Å². The molecule has 3 aromatic rings. The van der Waals surface area contributed by atoms with Crippen molar-refractivity contribution in [1.29, 1.82) is 0 Å². The van der Waals surface area contributed by atoms with Gasteiger partial charge in [0.25, 0.3) is 0 Å². The summed E-state index contributed by atoms with van der Waals surface area (Å²) in [6.45, 7) is 1.73. The van der Waals surface area contributed by atoms with Crippen LogP contribution in [0.5, 0.6) is 5.75 Å². The highest BCUT2D eigenvalue weighted by Gasteiger charge is 2.23. The molecule has 0 bridgehead atoms. The Kier molecular flexibility index (Phi) is 5.89. The van der Waals surface area contributed by atoms with Crippen molar-refractivity contribution in [2.45, 2.75) is 16.7 Å². The molecule has 3 aromatic carbocycles. The van der Waals surface area contributed by atoms with E-state index in [1.54, 1.807) is 0 Å². The number of quaternary nitrogens is 1. The zero-order chi connectivity index (χ0) is 19.3. The SMILES string of the molecule is C[NH+](C)CCOc1ccc(N[C@@H]2c3ccccc3CSc3ccccc32)cc1. The van der Waals surface area contributed by atoms with Crippen molar-refractivity contribution in [3.8, 4) is 5.75 Å². The summed E-state index contributed by atoms with van der Waals surface area (Å²) in [6, 6.07) is 26.0. The highest BCUT2D eigenvalue weighted by atomic mass is 32.2. The van der Waals surface area contributed by atoms with E-state index in [2.05, 4.69) is 92.2 Å². The summed E-state index contributed by atoms with van der Waals surface area (Å²) in [6.07, 6.45) is 0. The lowest BCUT2D eigenvalue weighted by Crippen LogP contribution is -3.06. The summed E-state index contributed by atoms with van der Waals surface area (Å²) in [7, 11) is 4.27. The standard InChI is InChI=1S/C24H26N2OS/c1-26(2)15-16-27-20-13-11-19(12-14-20)25-24-21-8-4-3-7-18(21)17-28-23-10-6-5-9-22(23)24/h3-14,24-25H,15-17H2,1-2H3/p+1/t24-/m1/s1. The number of ether oxygens (including phenoxy) is 1. The Morgan fingerprint density at radius 1 is 0.929 bits per heavy atom. The van der Waals surface area contributed by atoms with Gasteiger partial charge in [0.05, 0.1) is 20.1 Å². The van der Waals surface area contributed by atoms with Crippen molar-refractivity contribution >= 4 is 17.4 Å². The molecule has 144 valence electrons. The third-order valence-electron chi connectivity index (χ3n) is 5.02. The smallest absolute Gasteiger partial charge is 0.137 e. The third-order valence-corrected chi connectivity index (χ3v) is 6.15. The minimum absolute atomic E-state index is 0.145. The number of hydrogen-bond donors (Lipinski definition) is 2. The van der Waals surface area contributed by atoms with Gasteiger partial charge in [-0.2, -0.15) is 0 Å². The van der Waals surface area contributed by atoms with Crippen LogP contribution in [0.4, 0.5) is 5.69 Å². The zero-order valence-electron chi connectivity index (χ0n) is 16.4. The molecule has 0 amide bonds. The fraction of sp³-hybridized carbons (Fsp3) is 0.250. The van der Waals surface area contributed by atoms with Crippen molar-refractivity contribution < 1.29 is 9.64 Å².